The van der Waals surface area contributed by atoms with Crippen molar-refractivity contribution in [3.05, 3.63) is 64.7 Å². The molecule has 0 unspecified atom stereocenters. The van der Waals surface area contributed by atoms with Crippen LogP contribution in [0.15, 0.2) is 42.5 Å². The molecule has 2 amide bonds. The standard InChI is InChI=1S/C19H20N2O2/c1-13-8-9-14-6-4-10-21(17(14)11-13)18(22)12-15-5-2-3-7-16(15)19(20)23/h2-3,5,7-9,11H,4,6,10,12H2,1H3,(H2,20,23). The number of hydrogen-bond acceptors (Lipinski definition) is 2. The third-order valence-electron chi connectivity index (χ3n) is 4.28. The lowest BCUT2D eigenvalue weighted by atomic mass is 9.98. The number of nitrogens with zero attached hydrogens (tertiary/aromatic N) is 1. The molecule has 0 atom stereocenters. The molecule has 0 saturated heterocycles. The number of rotatable bonds is 3. The molecule has 3 rings (SSSR count). The lowest BCUT2D eigenvalue weighted by Gasteiger charge is -2.30. The van der Waals surface area contributed by atoms with Gasteiger partial charge in [-0.2, -0.15) is 0 Å². The zero-order chi connectivity index (χ0) is 16.4. The van der Waals surface area contributed by atoms with Crippen LogP contribution >= 0.6 is 0 Å². The molecule has 1 heterocycles. The molecule has 0 bridgehead atoms. The summed E-state index contributed by atoms with van der Waals surface area (Å²) in [6, 6.07) is 13.3. The van der Waals surface area contributed by atoms with E-state index in [-0.39, 0.29) is 12.3 Å². The van der Waals surface area contributed by atoms with Crippen LogP contribution in [0.3, 0.4) is 0 Å². The fourth-order valence-electron chi connectivity index (χ4n) is 3.12. The second-order valence-corrected chi connectivity index (χ2v) is 5.98. The predicted octanol–water partition coefficient (Wildman–Crippen LogP) is 2.62. The number of primary amides is 1. The van der Waals surface area contributed by atoms with Gasteiger partial charge in [0.15, 0.2) is 0 Å². The van der Waals surface area contributed by atoms with E-state index in [9.17, 15) is 9.59 Å². The van der Waals surface area contributed by atoms with Gasteiger partial charge in [-0.05, 0) is 48.6 Å². The Balaban J connectivity index is 1.89. The van der Waals surface area contributed by atoms with E-state index in [1.165, 1.54) is 5.56 Å². The number of hydrogen-bond donors (Lipinski definition) is 1. The number of carbonyl (C=O) groups is 2. The summed E-state index contributed by atoms with van der Waals surface area (Å²) in [5.74, 6) is -0.492. The number of aryl methyl sites for hydroxylation is 2. The van der Waals surface area contributed by atoms with Gasteiger partial charge in [-0.15, -0.1) is 0 Å². The maximum absolute atomic E-state index is 12.8. The molecule has 1 aliphatic rings. The molecule has 0 spiro atoms. The number of anilines is 1. The molecule has 2 aromatic carbocycles. The maximum Gasteiger partial charge on any atom is 0.248 e. The second kappa shape index (κ2) is 6.24. The summed E-state index contributed by atoms with van der Waals surface area (Å²) in [5.41, 5.74) is 9.85. The van der Waals surface area contributed by atoms with Crippen LogP contribution in [0.5, 0.6) is 0 Å². The Hall–Kier alpha value is -2.62. The van der Waals surface area contributed by atoms with Crippen molar-refractivity contribution in [2.24, 2.45) is 5.73 Å². The van der Waals surface area contributed by atoms with E-state index in [0.29, 0.717) is 17.7 Å². The molecule has 2 aromatic rings. The zero-order valence-electron chi connectivity index (χ0n) is 13.2. The van der Waals surface area contributed by atoms with Gasteiger partial charge in [0.1, 0.15) is 0 Å². The van der Waals surface area contributed by atoms with Crippen molar-refractivity contribution >= 4 is 17.5 Å². The van der Waals surface area contributed by atoms with Gasteiger partial charge in [0, 0.05) is 17.8 Å². The SMILES string of the molecule is Cc1ccc2c(c1)N(C(=O)Cc1ccccc1C(N)=O)CCC2. The molecule has 0 saturated carbocycles. The number of benzene rings is 2. The van der Waals surface area contributed by atoms with Crippen LogP contribution in [0.2, 0.25) is 0 Å². The molecule has 2 N–H and O–H groups in total. The molecule has 23 heavy (non-hydrogen) atoms. The van der Waals surface area contributed by atoms with Crippen LogP contribution in [0.25, 0.3) is 0 Å². The first-order valence-corrected chi connectivity index (χ1v) is 7.84. The first kappa shape index (κ1) is 15.3. The highest BCUT2D eigenvalue weighted by Gasteiger charge is 2.23. The van der Waals surface area contributed by atoms with Crippen molar-refractivity contribution in [2.75, 3.05) is 11.4 Å². The predicted molar refractivity (Wildman–Crippen MR) is 90.5 cm³/mol. The quantitative estimate of drug-likeness (QED) is 0.947. The largest absolute Gasteiger partial charge is 0.366 e. The number of carbonyl (C=O) groups excluding carboxylic acids is 2. The smallest absolute Gasteiger partial charge is 0.248 e. The Kier molecular flexibility index (Phi) is 4.15. The minimum absolute atomic E-state index is 0.00486. The highest BCUT2D eigenvalue weighted by Crippen LogP contribution is 2.29. The van der Waals surface area contributed by atoms with Gasteiger partial charge >= 0.3 is 0 Å². The first-order chi connectivity index (χ1) is 11.1. The molecule has 0 aromatic heterocycles. The van der Waals surface area contributed by atoms with Gasteiger partial charge in [0.25, 0.3) is 0 Å². The van der Waals surface area contributed by atoms with Gasteiger partial charge < -0.3 is 10.6 Å². The zero-order valence-corrected chi connectivity index (χ0v) is 13.2. The van der Waals surface area contributed by atoms with E-state index < -0.39 is 5.91 Å². The van der Waals surface area contributed by atoms with Gasteiger partial charge in [-0.25, -0.2) is 0 Å². The Bertz CT molecular complexity index is 768. The normalized spacial score (nSPS) is 13.5. The monoisotopic (exact) mass is 308 g/mol. The van der Waals surface area contributed by atoms with E-state index in [2.05, 4.69) is 18.2 Å². The average molecular weight is 308 g/mol. The van der Waals surface area contributed by atoms with Crippen molar-refractivity contribution < 1.29 is 9.59 Å². The Morgan fingerprint density at radius 3 is 2.74 bits per heavy atom. The number of amides is 2. The Morgan fingerprint density at radius 1 is 1.17 bits per heavy atom. The molecular weight excluding hydrogens is 288 g/mol. The average Bonchev–Trinajstić information content (AvgIpc) is 2.54. The third-order valence-corrected chi connectivity index (χ3v) is 4.28. The first-order valence-electron chi connectivity index (χ1n) is 7.84. The van der Waals surface area contributed by atoms with E-state index in [1.807, 2.05) is 17.9 Å². The number of fused-ring (bicyclic) bond motifs is 1. The molecule has 4 heteroatoms. The van der Waals surface area contributed by atoms with Crippen molar-refractivity contribution in [1.82, 2.24) is 0 Å². The van der Waals surface area contributed by atoms with Crippen LogP contribution in [-0.4, -0.2) is 18.4 Å². The van der Waals surface area contributed by atoms with E-state index in [1.54, 1.807) is 18.2 Å². The van der Waals surface area contributed by atoms with E-state index in [0.717, 1.165) is 24.1 Å². The molecule has 4 nitrogen and oxygen atoms in total. The summed E-state index contributed by atoms with van der Waals surface area (Å²) in [7, 11) is 0. The fraction of sp³-hybridized carbons (Fsp3) is 0.263. The van der Waals surface area contributed by atoms with E-state index >= 15 is 0 Å². The molecule has 0 radical (unpaired) electrons. The van der Waals surface area contributed by atoms with Crippen molar-refractivity contribution in [3.8, 4) is 0 Å². The maximum atomic E-state index is 12.8. The molecule has 1 aliphatic heterocycles. The summed E-state index contributed by atoms with van der Waals surface area (Å²) in [6.07, 6.45) is 2.14. The summed E-state index contributed by atoms with van der Waals surface area (Å²) >= 11 is 0. The van der Waals surface area contributed by atoms with Gasteiger partial charge in [-0.3, -0.25) is 9.59 Å². The third kappa shape index (κ3) is 3.11. The Morgan fingerprint density at radius 2 is 1.96 bits per heavy atom. The van der Waals surface area contributed by atoms with Crippen LogP contribution in [0, 0.1) is 6.92 Å². The summed E-state index contributed by atoms with van der Waals surface area (Å²) in [5, 5.41) is 0. The molecule has 0 aliphatic carbocycles. The van der Waals surface area contributed by atoms with Gasteiger partial charge in [0.05, 0.1) is 6.42 Å². The lowest BCUT2D eigenvalue weighted by Crippen LogP contribution is -2.37. The second-order valence-electron chi connectivity index (χ2n) is 5.98. The summed E-state index contributed by atoms with van der Waals surface area (Å²) < 4.78 is 0. The van der Waals surface area contributed by atoms with E-state index in [4.69, 9.17) is 5.73 Å². The highest BCUT2D eigenvalue weighted by atomic mass is 16.2. The summed E-state index contributed by atoms with van der Waals surface area (Å²) in [6.45, 7) is 2.74. The topological polar surface area (TPSA) is 63.4 Å². The lowest BCUT2D eigenvalue weighted by molar-refractivity contribution is -0.118. The fourth-order valence-corrected chi connectivity index (χ4v) is 3.12. The van der Waals surface area contributed by atoms with Crippen molar-refractivity contribution in [2.45, 2.75) is 26.2 Å². The van der Waals surface area contributed by atoms with Crippen molar-refractivity contribution in [3.63, 3.8) is 0 Å². The van der Waals surface area contributed by atoms with Crippen LogP contribution in [-0.2, 0) is 17.6 Å². The molecule has 118 valence electrons. The minimum atomic E-state index is -0.497. The minimum Gasteiger partial charge on any atom is -0.366 e. The molecule has 0 fully saturated rings. The molecular formula is C19H20N2O2. The van der Waals surface area contributed by atoms with Crippen molar-refractivity contribution in [1.29, 1.82) is 0 Å². The van der Waals surface area contributed by atoms with Crippen LogP contribution < -0.4 is 10.6 Å². The van der Waals surface area contributed by atoms with Gasteiger partial charge in [-0.1, -0.05) is 30.3 Å². The van der Waals surface area contributed by atoms with Gasteiger partial charge in [0.2, 0.25) is 11.8 Å². The van der Waals surface area contributed by atoms with Crippen LogP contribution in [0.4, 0.5) is 5.69 Å². The highest BCUT2D eigenvalue weighted by molar-refractivity contribution is 5.99. The van der Waals surface area contributed by atoms with Crippen LogP contribution in [0.1, 0.15) is 33.5 Å². The number of nitrogens with two attached hydrogens (primary N) is 1. The summed E-state index contributed by atoms with van der Waals surface area (Å²) in [4.78, 5) is 26.1. The Labute approximate surface area is 135 Å².